The first-order valence-corrected chi connectivity index (χ1v) is 9.78. The van der Waals surface area contributed by atoms with Crippen LogP contribution in [0.3, 0.4) is 0 Å². The van der Waals surface area contributed by atoms with Crippen LogP contribution in [0.25, 0.3) is 22.3 Å². The molecule has 1 N–H and O–H groups in total. The van der Waals surface area contributed by atoms with Crippen molar-refractivity contribution in [1.82, 2.24) is 0 Å². The van der Waals surface area contributed by atoms with E-state index in [0.717, 1.165) is 5.56 Å². The summed E-state index contributed by atoms with van der Waals surface area (Å²) in [5.41, 5.74) is 1.66. The van der Waals surface area contributed by atoms with Crippen molar-refractivity contribution in [2.24, 2.45) is 0 Å². The van der Waals surface area contributed by atoms with Crippen LogP contribution in [-0.2, 0) is 0 Å². The third kappa shape index (κ3) is 4.00. The zero-order valence-corrected chi connectivity index (χ0v) is 17.8. The number of carbonyl (C=O) groups is 1. The molecule has 0 spiro atoms. The fraction of sp³-hybridized carbons (Fsp3) is 0.120. The number of hydrogen-bond acceptors (Lipinski definition) is 6. The number of nitrogens with one attached hydrogen (secondary N) is 1. The standard InChI is InChI=1S/C25H21NO6/c1-29-17-10-7-15(8-11-17)23-14-19(27)18-13-16(9-12-20(18)32-23)26-25(28)24-21(30-2)5-4-6-22(24)31-3/h4-14H,1-3H3,(H,26,28). The smallest absolute Gasteiger partial charge is 0.263 e. The van der Waals surface area contributed by atoms with Gasteiger partial charge in [-0.15, -0.1) is 0 Å². The van der Waals surface area contributed by atoms with E-state index in [4.69, 9.17) is 18.6 Å². The molecule has 0 saturated heterocycles. The molecule has 0 fully saturated rings. The van der Waals surface area contributed by atoms with Gasteiger partial charge in [-0.2, -0.15) is 0 Å². The highest BCUT2D eigenvalue weighted by Gasteiger charge is 2.19. The molecule has 0 bridgehead atoms. The molecule has 0 saturated carbocycles. The Kier molecular flexibility index (Phi) is 5.81. The van der Waals surface area contributed by atoms with Gasteiger partial charge in [-0.1, -0.05) is 6.07 Å². The third-order valence-corrected chi connectivity index (χ3v) is 5.01. The van der Waals surface area contributed by atoms with Crippen LogP contribution in [-0.4, -0.2) is 27.2 Å². The van der Waals surface area contributed by atoms with E-state index in [2.05, 4.69) is 5.32 Å². The minimum Gasteiger partial charge on any atom is -0.497 e. The van der Waals surface area contributed by atoms with E-state index in [9.17, 15) is 9.59 Å². The van der Waals surface area contributed by atoms with Gasteiger partial charge in [0.2, 0.25) is 0 Å². The number of ether oxygens (including phenoxy) is 3. The number of rotatable bonds is 6. The monoisotopic (exact) mass is 431 g/mol. The molecule has 0 unspecified atom stereocenters. The van der Waals surface area contributed by atoms with Gasteiger partial charge >= 0.3 is 0 Å². The second-order valence-corrected chi connectivity index (χ2v) is 6.91. The lowest BCUT2D eigenvalue weighted by Crippen LogP contribution is -2.15. The Hall–Kier alpha value is -4.26. The van der Waals surface area contributed by atoms with Crippen LogP contribution in [0.15, 0.2) is 75.9 Å². The first kappa shape index (κ1) is 21.0. The summed E-state index contributed by atoms with van der Waals surface area (Å²) in [5, 5.41) is 3.15. The predicted molar refractivity (Wildman–Crippen MR) is 122 cm³/mol. The van der Waals surface area contributed by atoms with Gasteiger partial charge in [-0.05, 0) is 54.6 Å². The Labute approximate surface area is 184 Å². The predicted octanol–water partition coefficient (Wildman–Crippen LogP) is 4.74. The summed E-state index contributed by atoms with van der Waals surface area (Å²) in [6, 6.07) is 18.6. The minimum atomic E-state index is -0.419. The molecule has 4 aromatic rings. The summed E-state index contributed by atoms with van der Waals surface area (Å²) in [5.74, 6) is 1.50. The molecule has 32 heavy (non-hydrogen) atoms. The van der Waals surface area contributed by atoms with Crippen molar-refractivity contribution >= 4 is 22.6 Å². The Balaban J connectivity index is 1.67. The lowest BCUT2D eigenvalue weighted by atomic mass is 10.1. The molecule has 1 heterocycles. The van der Waals surface area contributed by atoms with Crippen molar-refractivity contribution in [2.45, 2.75) is 0 Å². The molecule has 4 rings (SSSR count). The second-order valence-electron chi connectivity index (χ2n) is 6.91. The maximum Gasteiger partial charge on any atom is 0.263 e. The molecule has 7 heteroatoms. The number of fused-ring (bicyclic) bond motifs is 1. The Morgan fingerprint density at radius 2 is 1.53 bits per heavy atom. The largest absolute Gasteiger partial charge is 0.497 e. The van der Waals surface area contributed by atoms with E-state index in [1.165, 1.54) is 20.3 Å². The number of anilines is 1. The second kappa shape index (κ2) is 8.85. The quantitative estimate of drug-likeness (QED) is 0.475. The zero-order valence-electron chi connectivity index (χ0n) is 17.8. The number of hydrogen-bond donors (Lipinski definition) is 1. The molecule has 7 nitrogen and oxygen atoms in total. The van der Waals surface area contributed by atoms with E-state index in [-0.39, 0.29) is 11.0 Å². The number of amides is 1. The average Bonchev–Trinajstić information content (AvgIpc) is 2.83. The molecule has 1 aromatic heterocycles. The van der Waals surface area contributed by atoms with Crippen LogP contribution in [0.5, 0.6) is 17.2 Å². The van der Waals surface area contributed by atoms with Gasteiger partial charge in [0, 0.05) is 17.3 Å². The fourth-order valence-electron chi connectivity index (χ4n) is 3.40. The highest BCUT2D eigenvalue weighted by Crippen LogP contribution is 2.30. The summed E-state index contributed by atoms with van der Waals surface area (Å²) in [6.45, 7) is 0. The lowest BCUT2D eigenvalue weighted by molar-refractivity contribution is 0.102. The van der Waals surface area contributed by atoms with Crippen molar-refractivity contribution in [1.29, 1.82) is 0 Å². The van der Waals surface area contributed by atoms with Crippen molar-refractivity contribution in [2.75, 3.05) is 26.6 Å². The van der Waals surface area contributed by atoms with Gasteiger partial charge in [0.1, 0.15) is 34.2 Å². The minimum absolute atomic E-state index is 0.219. The van der Waals surface area contributed by atoms with Crippen LogP contribution in [0.4, 0.5) is 5.69 Å². The summed E-state index contributed by atoms with van der Waals surface area (Å²) in [4.78, 5) is 25.7. The first-order chi connectivity index (χ1) is 15.5. The van der Waals surface area contributed by atoms with Gasteiger partial charge in [0.25, 0.3) is 5.91 Å². The molecular weight excluding hydrogens is 410 g/mol. The number of methoxy groups -OCH3 is 3. The topological polar surface area (TPSA) is 87.0 Å². The SMILES string of the molecule is COc1ccc(-c2cc(=O)c3cc(NC(=O)c4c(OC)cccc4OC)ccc3o2)cc1. The molecule has 162 valence electrons. The number of carbonyl (C=O) groups excluding carboxylic acids is 1. The highest BCUT2D eigenvalue weighted by molar-refractivity contribution is 6.08. The summed E-state index contributed by atoms with van der Waals surface area (Å²) in [6.07, 6.45) is 0. The summed E-state index contributed by atoms with van der Waals surface area (Å²) in [7, 11) is 4.55. The van der Waals surface area contributed by atoms with E-state index in [1.807, 2.05) is 12.1 Å². The van der Waals surface area contributed by atoms with Crippen LogP contribution >= 0.6 is 0 Å². The number of benzene rings is 3. The van der Waals surface area contributed by atoms with E-state index in [0.29, 0.717) is 39.7 Å². The fourth-order valence-corrected chi connectivity index (χ4v) is 3.40. The van der Waals surface area contributed by atoms with Gasteiger partial charge in [0.15, 0.2) is 5.43 Å². The molecule has 0 aliphatic rings. The van der Waals surface area contributed by atoms with Gasteiger partial charge in [0.05, 0.1) is 26.7 Å². The average molecular weight is 431 g/mol. The van der Waals surface area contributed by atoms with Crippen molar-refractivity contribution in [3.8, 4) is 28.6 Å². The third-order valence-electron chi connectivity index (χ3n) is 5.01. The summed E-state index contributed by atoms with van der Waals surface area (Å²) >= 11 is 0. The van der Waals surface area contributed by atoms with Crippen LogP contribution in [0.1, 0.15) is 10.4 Å². The van der Waals surface area contributed by atoms with E-state index < -0.39 is 5.91 Å². The molecule has 0 radical (unpaired) electrons. The van der Waals surface area contributed by atoms with Gasteiger partial charge in [-0.25, -0.2) is 0 Å². The maximum atomic E-state index is 12.9. The van der Waals surface area contributed by atoms with Crippen LogP contribution < -0.4 is 25.0 Å². The van der Waals surface area contributed by atoms with Crippen molar-refractivity contribution in [3.63, 3.8) is 0 Å². The Bertz CT molecular complexity index is 1320. The zero-order chi connectivity index (χ0) is 22.7. The van der Waals surface area contributed by atoms with Crippen molar-refractivity contribution < 1.29 is 23.4 Å². The van der Waals surface area contributed by atoms with E-state index >= 15 is 0 Å². The molecule has 0 aliphatic heterocycles. The van der Waals surface area contributed by atoms with Gasteiger partial charge < -0.3 is 23.9 Å². The highest BCUT2D eigenvalue weighted by atomic mass is 16.5. The lowest BCUT2D eigenvalue weighted by Gasteiger charge is -2.13. The molecule has 0 aliphatic carbocycles. The van der Waals surface area contributed by atoms with Crippen molar-refractivity contribution in [3.05, 3.63) is 82.5 Å². The molecule has 3 aromatic carbocycles. The Morgan fingerprint density at radius 1 is 0.844 bits per heavy atom. The first-order valence-electron chi connectivity index (χ1n) is 9.78. The molecule has 1 amide bonds. The molecular formula is C25H21NO6. The van der Waals surface area contributed by atoms with Gasteiger partial charge in [-0.3, -0.25) is 9.59 Å². The summed E-state index contributed by atoms with van der Waals surface area (Å²) < 4.78 is 21.7. The van der Waals surface area contributed by atoms with Crippen LogP contribution in [0, 0.1) is 0 Å². The molecule has 0 atom stereocenters. The van der Waals surface area contributed by atoms with E-state index in [1.54, 1.807) is 55.6 Å². The normalized spacial score (nSPS) is 10.6. The van der Waals surface area contributed by atoms with Crippen LogP contribution in [0.2, 0.25) is 0 Å². The Morgan fingerprint density at radius 3 is 2.16 bits per heavy atom. The maximum absolute atomic E-state index is 12.9.